The third kappa shape index (κ3) is 1.27. The molecule has 2 nitrogen and oxygen atoms in total. The predicted octanol–water partition coefficient (Wildman–Crippen LogP) is 3.44. The van der Waals surface area contributed by atoms with E-state index in [2.05, 4.69) is 6.58 Å². The van der Waals surface area contributed by atoms with Gasteiger partial charge in [-0.05, 0) is 10.8 Å². The Balaban J connectivity index is 2.45. The van der Waals surface area contributed by atoms with Crippen LogP contribution in [0.2, 0.25) is 0 Å². The van der Waals surface area contributed by atoms with Gasteiger partial charge in [0, 0.05) is 16.5 Å². The Labute approximate surface area is 112 Å². The van der Waals surface area contributed by atoms with Gasteiger partial charge in [0.1, 0.15) is 0 Å². The minimum atomic E-state index is -1.53. The summed E-state index contributed by atoms with van der Waals surface area (Å²) in [6.07, 6.45) is 1.65. The molecule has 1 N–H and O–H groups in total. The molecule has 0 aromatic heterocycles. The van der Waals surface area contributed by atoms with Gasteiger partial charge in [-0.3, -0.25) is 4.79 Å². The van der Waals surface area contributed by atoms with Crippen LogP contribution in [0.15, 0.2) is 49.1 Å². The third-order valence-electron chi connectivity index (χ3n) is 4.31. The Morgan fingerprint density at radius 2 is 1.84 bits per heavy atom. The summed E-state index contributed by atoms with van der Waals surface area (Å²) < 4.78 is 0. The van der Waals surface area contributed by atoms with Crippen LogP contribution in [0.25, 0.3) is 10.8 Å². The van der Waals surface area contributed by atoms with Gasteiger partial charge in [0.25, 0.3) is 0 Å². The molecule has 19 heavy (non-hydrogen) atoms. The lowest BCUT2D eigenvalue weighted by atomic mass is 9.70. The van der Waals surface area contributed by atoms with Crippen LogP contribution in [0.5, 0.6) is 0 Å². The van der Waals surface area contributed by atoms with Crippen molar-refractivity contribution >= 4 is 16.6 Å². The average Bonchev–Trinajstić information content (AvgIpc) is 2.65. The molecule has 0 fully saturated rings. The van der Waals surface area contributed by atoms with Crippen molar-refractivity contribution in [2.75, 3.05) is 0 Å². The lowest BCUT2D eigenvalue weighted by Gasteiger charge is -2.37. The number of Topliss-reactive ketones (excluding diaryl/α,β-unsaturated/α-hetero) is 1. The zero-order valence-corrected chi connectivity index (χ0v) is 11.1. The molecule has 1 atom stereocenters. The fourth-order valence-electron chi connectivity index (χ4n) is 2.94. The van der Waals surface area contributed by atoms with Crippen molar-refractivity contribution in [2.45, 2.75) is 19.4 Å². The molecule has 0 amide bonds. The maximum absolute atomic E-state index is 12.7. The van der Waals surface area contributed by atoms with E-state index in [0.717, 1.165) is 10.8 Å². The number of rotatable bonds is 2. The summed E-state index contributed by atoms with van der Waals surface area (Å²) in [6, 6.07) is 11.3. The van der Waals surface area contributed by atoms with E-state index in [4.69, 9.17) is 0 Å². The molecule has 2 aromatic carbocycles. The molecule has 2 aromatic rings. The van der Waals surface area contributed by atoms with Crippen LogP contribution < -0.4 is 0 Å². The summed E-state index contributed by atoms with van der Waals surface area (Å²) in [5.41, 5.74) is -0.962. The van der Waals surface area contributed by atoms with Gasteiger partial charge in [0.2, 0.25) is 0 Å². The highest BCUT2D eigenvalue weighted by atomic mass is 16.3. The number of carbonyl (C=O) groups excluding carboxylic acids is 1. The van der Waals surface area contributed by atoms with Crippen LogP contribution in [0.1, 0.15) is 29.8 Å². The second-order valence-electron chi connectivity index (χ2n) is 5.67. The fourth-order valence-corrected chi connectivity index (χ4v) is 2.94. The largest absolute Gasteiger partial charge is 0.376 e. The van der Waals surface area contributed by atoms with Gasteiger partial charge in [-0.1, -0.05) is 56.3 Å². The van der Waals surface area contributed by atoms with Gasteiger partial charge in [-0.25, -0.2) is 0 Å². The molecule has 0 bridgehead atoms. The van der Waals surface area contributed by atoms with E-state index in [9.17, 15) is 9.90 Å². The molecule has 1 unspecified atom stereocenters. The number of benzene rings is 2. The van der Waals surface area contributed by atoms with Gasteiger partial charge >= 0.3 is 0 Å². The van der Waals surface area contributed by atoms with Crippen molar-refractivity contribution in [2.24, 2.45) is 5.41 Å². The molecule has 96 valence electrons. The van der Waals surface area contributed by atoms with Crippen LogP contribution in [0, 0.1) is 5.41 Å². The molecule has 0 saturated heterocycles. The maximum Gasteiger partial charge on any atom is 0.200 e. The number of aliphatic hydroxyl groups is 1. The van der Waals surface area contributed by atoms with Crippen molar-refractivity contribution in [3.05, 3.63) is 60.2 Å². The van der Waals surface area contributed by atoms with Crippen molar-refractivity contribution in [3.8, 4) is 0 Å². The molecule has 0 aliphatic heterocycles. The highest BCUT2D eigenvalue weighted by Crippen LogP contribution is 2.50. The lowest BCUT2D eigenvalue weighted by molar-refractivity contribution is -0.0206. The van der Waals surface area contributed by atoms with E-state index >= 15 is 0 Å². The summed E-state index contributed by atoms with van der Waals surface area (Å²) in [4.78, 5) is 12.7. The Morgan fingerprint density at radius 1 is 1.21 bits per heavy atom. The SMILES string of the molecule is C=CC(C)(C)C1(O)C(=O)c2cccc3cccc1c23. The molecule has 3 rings (SSSR count). The monoisotopic (exact) mass is 252 g/mol. The number of hydrogen-bond donors (Lipinski definition) is 1. The number of carbonyl (C=O) groups is 1. The molecule has 0 spiro atoms. The van der Waals surface area contributed by atoms with E-state index in [1.165, 1.54) is 0 Å². The van der Waals surface area contributed by atoms with E-state index < -0.39 is 11.0 Å². The third-order valence-corrected chi connectivity index (χ3v) is 4.31. The minimum Gasteiger partial charge on any atom is -0.376 e. The van der Waals surface area contributed by atoms with Crippen LogP contribution in [-0.4, -0.2) is 10.9 Å². The topological polar surface area (TPSA) is 37.3 Å². The van der Waals surface area contributed by atoms with E-state index in [1.54, 1.807) is 12.1 Å². The molecule has 1 aliphatic carbocycles. The lowest BCUT2D eigenvalue weighted by Crippen LogP contribution is -2.45. The van der Waals surface area contributed by atoms with Gasteiger partial charge in [0.15, 0.2) is 11.4 Å². The quantitative estimate of drug-likeness (QED) is 0.831. The first-order valence-electron chi connectivity index (χ1n) is 6.36. The van der Waals surface area contributed by atoms with Crippen molar-refractivity contribution in [1.82, 2.24) is 0 Å². The van der Waals surface area contributed by atoms with Gasteiger partial charge < -0.3 is 5.11 Å². The summed E-state index contributed by atoms with van der Waals surface area (Å²) in [5.74, 6) is -0.232. The molecular formula is C17H16O2. The average molecular weight is 252 g/mol. The first-order valence-corrected chi connectivity index (χ1v) is 6.36. The van der Waals surface area contributed by atoms with Crippen LogP contribution in [0.3, 0.4) is 0 Å². The molecular weight excluding hydrogens is 236 g/mol. The predicted molar refractivity (Wildman–Crippen MR) is 76.2 cm³/mol. The van der Waals surface area contributed by atoms with Crippen molar-refractivity contribution < 1.29 is 9.90 Å². The first-order chi connectivity index (χ1) is 8.93. The zero-order chi connectivity index (χ0) is 13.8. The van der Waals surface area contributed by atoms with Crippen LogP contribution in [0.4, 0.5) is 0 Å². The smallest absolute Gasteiger partial charge is 0.200 e. The molecule has 0 heterocycles. The summed E-state index contributed by atoms with van der Waals surface area (Å²) in [7, 11) is 0. The fraction of sp³-hybridized carbons (Fsp3) is 0.235. The number of hydrogen-bond acceptors (Lipinski definition) is 2. The van der Waals surface area contributed by atoms with Gasteiger partial charge in [-0.15, -0.1) is 6.58 Å². The van der Waals surface area contributed by atoms with Gasteiger partial charge in [0.05, 0.1) is 0 Å². The molecule has 2 heteroatoms. The maximum atomic E-state index is 12.7. The van der Waals surface area contributed by atoms with Crippen molar-refractivity contribution in [3.63, 3.8) is 0 Å². The Bertz CT molecular complexity index is 707. The standard InChI is InChI=1S/C17H16O2/c1-4-16(2,3)17(19)13-10-6-8-11-7-5-9-12(14(11)13)15(17)18/h4-10,19H,1H2,2-3H3. The Morgan fingerprint density at radius 3 is 2.47 bits per heavy atom. The number of ketones is 1. The summed E-state index contributed by atoms with van der Waals surface area (Å²) in [6.45, 7) is 7.44. The van der Waals surface area contributed by atoms with E-state index in [1.807, 2.05) is 44.2 Å². The zero-order valence-electron chi connectivity index (χ0n) is 11.1. The normalized spacial score (nSPS) is 21.9. The van der Waals surface area contributed by atoms with E-state index in [0.29, 0.717) is 11.1 Å². The first kappa shape index (κ1) is 12.1. The van der Waals surface area contributed by atoms with Crippen molar-refractivity contribution in [1.29, 1.82) is 0 Å². The second kappa shape index (κ2) is 3.55. The Kier molecular flexibility index (Phi) is 2.26. The van der Waals surface area contributed by atoms with Crippen LogP contribution >= 0.6 is 0 Å². The van der Waals surface area contributed by atoms with Crippen LogP contribution in [-0.2, 0) is 5.60 Å². The highest BCUT2D eigenvalue weighted by Gasteiger charge is 2.54. The molecule has 1 aliphatic rings. The minimum absolute atomic E-state index is 0.232. The Hall–Kier alpha value is -1.93. The van der Waals surface area contributed by atoms with E-state index in [-0.39, 0.29) is 5.78 Å². The molecule has 0 radical (unpaired) electrons. The summed E-state index contributed by atoms with van der Waals surface area (Å²) in [5, 5.41) is 13.0. The second-order valence-corrected chi connectivity index (χ2v) is 5.67. The van der Waals surface area contributed by atoms with Gasteiger partial charge in [-0.2, -0.15) is 0 Å². The highest BCUT2D eigenvalue weighted by molar-refractivity contribution is 6.19. The molecule has 0 saturated carbocycles. The summed E-state index contributed by atoms with van der Waals surface area (Å²) >= 11 is 0.